The topological polar surface area (TPSA) is 54.7 Å². The van der Waals surface area contributed by atoms with E-state index in [9.17, 15) is 0 Å². The predicted octanol–water partition coefficient (Wildman–Crippen LogP) is 2.71. The number of nitrogens with one attached hydrogen (secondary N) is 1. The minimum atomic E-state index is 0.227. The van der Waals surface area contributed by atoms with Crippen LogP contribution < -0.4 is 5.73 Å². The summed E-state index contributed by atoms with van der Waals surface area (Å²) in [5, 5.41) is 8.30. The van der Waals surface area contributed by atoms with E-state index in [1.807, 2.05) is 0 Å². The van der Waals surface area contributed by atoms with Crippen LogP contribution in [0.5, 0.6) is 0 Å². The molecule has 0 amide bonds. The third-order valence-corrected chi connectivity index (χ3v) is 4.43. The summed E-state index contributed by atoms with van der Waals surface area (Å²) in [6.07, 6.45) is 3.72. The van der Waals surface area contributed by atoms with E-state index in [1.54, 1.807) is 0 Å². The fraction of sp³-hybridized carbons (Fsp3) is 0.417. The maximum Gasteiger partial charge on any atom is 0.108 e. The molecule has 0 bridgehead atoms. The molecule has 0 radical (unpaired) electrons. The number of hydrogen-bond donors (Lipinski definition) is 2. The Bertz CT molecular complexity index is 523. The zero-order valence-electron chi connectivity index (χ0n) is 8.96. The average Bonchev–Trinajstić information content (AvgIpc) is 2.60. The number of rotatable bonds is 2. The van der Waals surface area contributed by atoms with Gasteiger partial charge in [0.15, 0.2) is 0 Å². The third-order valence-electron chi connectivity index (χ3n) is 3.82. The summed E-state index contributed by atoms with van der Waals surface area (Å²) in [4.78, 5) is 0. The van der Waals surface area contributed by atoms with Gasteiger partial charge in [-0.1, -0.05) is 12.5 Å². The van der Waals surface area contributed by atoms with Gasteiger partial charge >= 0.3 is 0 Å². The quantitative estimate of drug-likeness (QED) is 0.888. The van der Waals surface area contributed by atoms with E-state index in [4.69, 9.17) is 5.73 Å². The standard InChI is InChI=1S/C12H14BrN3/c13-11-9-6-8(2-3-10(9)15-16-11)12(7-14)4-1-5-12/h2-3,6H,1,4-5,7,14H2,(H,15,16). The average molecular weight is 280 g/mol. The Morgan fingerprint density at radius 3 is 2.88 bits per heavy atom. The van der Waals surface area contributed by atoms with Crippen LogP contribution in [-0.2, 0) is 5.41 Å². The number of fused-ring (bicyclic) bond motifs is 1. The van der Waals surface area contributed by atoms with Crippen molar-refractivity contribution in [2.75, 3.05) is 6.54 Å². The maximum atomic E-state index is 5.92. The first-order valence-corrected chi connectivity index (χ1v) is 6.39. The molecule has 1 heterocycles. The molecule has 0 aliphatic heterocycles. The minimum Gasteiger partial charge on any atom is -0.330 e. The van der Waals surface area contributed by atoms with Crippen molar-refractivity contribution in [3.05, 3.63) is 28.4 Å². The van der Waals surface area contributed by atoms with Crippen LogP contribution in [0.3, 0.4) is 0 Å². The zero-order chi connectivity index (χ0) is 11.2. The molecule has 4 heteroatoms. The third kappa shape index (κ3) is 1.33. The fourth-order valence-electron chi connectivity index (χ4n) is 2.52. The first-order valence-electron chi connectivity index (χ1n) is 5.59. The van der Waals surface area contributed by atoms with Crippen molar-refractivity contribution in [2.45, 2.75) is 24.7 Å². The lowest BCUT2D eigenvalue weighted by molar-refractivity contribution is 0.253. The Morgan fingerprint density at radius 1 is 1.44 bits per heavy atom. The van der Waals surface area contributed by atoms with Crippen LogP contribution >= 0.6 is 15.9 Å². The Hall–Kier alpha value is -0.870. The van der Waals surface area contributed by atoms with Crippen molar-refractivity contribution < 1.29 is 0 Å². The summed E-state index contributed by atoms with van der Waals surface area (Å²) >= 11 is 3.48. The normalized spacial score (nSPS) is 18.6. The summed E-state index contributed by atoms with van der Waals surface area (Å²) in [5.74, 6) is 0. The molecule has 1 fully saturated rings. The van der Waals surface area contributed by atoms with E-state index in [0.29, 0.717) is 0 Å². The number of benzene rings is 1. The van der Waals surface area contributed by atoms with Crippen molar-refractivity contribution in [2.24, 2.45) is 5.73 Å². The molecule has 1 aromatic heterocycles. The maximum absolute atomic E-state index is 5.92. The van der Waals surface area contributed by atoms with E-state index < -0.39 is 0 Å². The van der Waals surface area contributed by atoms with E-state index in [1.165, 1.54) is 24.8 Å². The number of aromatic amines is 1. The number of hydrogen-bond acceptors (Lipinski definition) is 2. The molecule has 0 unspecified atom stereocenters. The summed E-state index contributed by atoms with van der Waals surface area (Å²) in [5.41, 5.74) is 8.51. The Kier molecular flexibility index (Phi) is 2.30. The summed E-state index contributed by atoms with van der Waals surface area (Å²) < 4.78 is 0.954. The van der Waals surface area contributed by atoms with Gasteiger partial charge in [0.2, 0.25) is 0 Å². The molecule has 1 saturated carbocycles. The Labute approximate surface area is 103 Å². The fourth-order valence-corrected chi connectivity index (χ4v) is 2.93. The van der Waals surface area contributed by atoms with Gasteiger partial charge in [-0.3, -0.25) is 5.10 Å². The first kappa shape index (κ1) is 10.3. The molecule has 0 spiro atoms. The van der Waals surface area contributed by atoms with Crippen LogP contribution in [0.2, 0.25) is 0 Å². The van der Waals surface area contributed by atoms with Gasteiger partial charge in [-0.15, -0.1) is 0 Å². The second-order valence-electron chi connectivity index (χ2n) is 4.61. The number of aromatic nitrogens is 2. The summed E-state index contributed by atoms with van der Waals surface area (Å²) in [6, 6.07) is 6.46. The highest BCUT2D eigenvalue weighted by atomic mass is 79.9. The second kappa shape index (κ2) is 3.57. The summed E-state index contributed by atoms with van der Waals surface area (Å²) in [7, 11) is 0. The molecular weight excluding hydrogens is 266 g/mol. The van der Waals surface area contributed by atoms with Gasteiger partial charge in [-0.25, -0.2) is 0 Å². The number of halogens is 1. The van der Waals surface area contributed by atoms with E-state index in [0.717, 1.165) is 22.1 Å². The number of nitrogens with zero attached hydrogens (tertiary/aromatic N) is 1. The highest BCUT2D eigenvalue weighted by Gasteiger charge is 2.37. The molecule has 0 atom stereocenters. The molecule has 3 nitrogen and oxygen atoms in total. The highest BCUT2D eigenvalue weighted by Crippen LogP contribution is 2.43. The van der Waals surface area contributed by atoms with Crippen molar-refractivity contribution >= 4 is 26.8 Å². The van der Waals surface area contributed by atoms with E-state index in [2.05, 4.69) is 44.3 Å². The lowest BCUT2D eigenvalue weighted by Crippen LogP contribution is -2.41. The second-order valence-corrected chi connectivity index (χ2v) is 5.40. The monoisotopic (exact) mass is 279 g/mol. The Balaban J connectivity index is 2.13. The smallest absolute Gasteiger partial charge is 0.108 e. The van der Waals surface area contributed by atoms with Crippen molar-refractivity contribution in [1.82, 2.24) is 10.2 Å². The van der Waals surface area contributed by atoms with Crippen molar-refractivity contribution in [3.8, 4) is 0 Å². The van der Waals surface area contributed by atoms with Gasteiger partial charge in [0, 0.05) is 17.3 Å². The number of H-pyrrole nitrogens is 1. The van der Waals surface area contributed by atoms with E-state index in [-0.39, 0.29) is 5.41 Å². The minimum absolute atomic E-state index is 0.227. The van der Waals surface area contributed by atoms with Crippen molar-refractivity contribution in [1.29, 1.82) is 0 Å². The first-order chi connectivity index (χ1) is 7.75. The molecule has 3 N–H and O–H groups in total. The molecule has 2 aromatic rings. The summed E-state index contributed by atoms with van der Waals surface area (Å²) in [6.45, 7) is 0.744. The zero-order valence-corrected chi connectivity index (χ0v) is 10.5. The van der Waals surface area contributed by atoms with Gasteiger partial charge in [0.25, 0.3) is 0 Å². The van der Waals surface area contributed by atoms with Crippen LogP contribution in [0.15, 0.2) is 22.8 Å². The largest absolute Gasteiger partial charge is 0.330 e. The lowest BCUT2D eigenvalue weighted by atomic mass is 9.64. The van der Waals surface area contributed by atoms with Gasteiger partial charge in [0.05, 0.1) is 5.52 Å². The predicted molar refractivity (Wildman–Crippen MR) is 68.4 cm³/mol. The molecule has 1 aliphatic carbocycles. The molecular formula is C12H14BrN3. The van der Waals surface area contributed by atoms with Gasteiger partial charge < -0.3 is 5.73 Å². The highest BCUT2D eigenvalue weighted by molar-refractivity contribution is 9.10. The van der Waals surface area contributed by atoms with Crippen LogP contribution in [0, 0.1) is 0 Å². The molecule has 84 valence electrons. The molecule has 16 heavy (non-hydrogen) atoms. The van der Waals surface area contributed by atoms with Crippen LogP contribution in [-0.4, -0.2) is 16.7 Å². The van der Waals surface area contributed by atoms with Gasteiger partial charge in [-0.2, -0.15) is 5.10 Å². The van der Waals surface area contributed by atoms with E-state index >= 15 is 0 Å². The number of nitrogens with two attached hydrogens (primary N) is 1. The van der Waals surface area contributed by atoms with Crippen molar-refractivity contribution in [3.63, 3.8) is 0 Å². The van der Waals surface area contributed by atoms with Gasteiger partial charge in [0.1, 0.15) is 4.60 Å². The van der Waals surface area contributed by atoms with Gasteiger partial charge in [-0.05, 0) is 46.5 Å². The van der Waals surface area contributed by atoms with Crippen LogP contribution in [0.1, 0.15) is 24.8 Å². The lowest BCUT2D eigenvalue weighted by Gasteiger charge is -2.41. The van der Waals surface area contributed by atoms with Crippen LogP contribution in [0.4, 0.5) is 0 Å². The molecule has 3 rings (SSSR count). The molecule has 1 aromatic carbocycles. The van der Waals surface area contributed by atoms with Crippen LogP contribution in [0.25, 0.3) is 10.9 Å². The molecule has 1 aliphatic rings. The Morgan fingerprint density at radius 2 is 2.25 bits per heavy atom. The SMILES string of the molecule is NCC1(c2ccc3n[nH]c(Br)c3c2)CCC1. The molecule has 0 saturated heterocycles.